The summed E-state index contributed by atoms with van der Waals surface area (Å²) in [5.74, 6) is 1.67. The number of carbonyl (C=O) groups excluding carboxylic acids is 1. The van der Waals surface area contributed by atoms with Gasteiger partial charge in [-0.05, 0) is 37.5 Å². The summed E-state index contributed by atoms with van der Waals surface area (Å²) in [5.41, 5.74) is 6.11. The van der Waals surface area contributed by atoms with Crippen LogP contribution in [0.5, 0.6) is 0 Å². The lowest BCUT2D eigenvalue weighted by Gasteiger charge is -2.35. The van der Waals surface area contributed by atoms with Crippen LogP contribution in [0.25, 0.3) is 0 Å². The predicted molar refractivity (Wildman–Crippen MR) is 74.1 cm³/mol. The summed E-state index contributed by atoms with van der Waals surface area (Å²) in [6.07, 6.45) is 6.95. The Hall–Kier alpha value is -0.570. The third-order valence-electron chi connectivity index (χ3n) is 4.97. The third kappa shape index (κ3) is 2.87. The Morgan fingerprint density at radius 2 is 2.11 bits per heavy atom. The van der Waals surface area contributed by atoms with Crippen molar-refractivity contribution in [1.82, 2.24) is 4.90 Å². The van der Waals surface area contributed by atoms with Gasteiger partial charge in [-0.15, -0.1) is 0 Å². The topological polar surface area (TPSA) is 46.3 Å². The highest BCUT2D eigenvalue weighted by atomic mass is 16.2. The molecular formula is C15H28N2O. The predicted octanol–water partition coefficient (Wildman–Crippen LogP) is 2.40. The minimum absolute atomic E-state index is 0.189. The quantitative estimate of drug-likeness (QED) is 0.838. The molecule has 0 aromatic heterocycles. The van der Waals surface area contributed by atoms with E-state index in [1.165, 1.54) is 19.3 Å². The average molecular weight is 252 g/mol. The van der Waals surface area contributed by atoms with Crippen molar-refractivity contribution in [3.8, 4) is 0 Å². The SMILES string of the molecule is CCCC1CCN(C(=O)C2CCCC(N)C2C)C1. The maximum atomic E-state index is 12.6. The maximum Gasteiger partial charge on any atom is 0.226 e. The second-order valence-electron chi connectivity index (χ2n) is 6.29. The molecular weight excluding hydrogens is 224 g/mol. The molecule has 1 saturated heterocycles. The number of nitrogens with two attached hydrogens (primary N) is 1. The van der Waals surface area contributed by atoms with Gasteiger partial charge in [-0.25, -0.2) is 0 Å². The van der Waals surface area contributed by atoms with Gasteiger partial charge in [0.15, 0.2) is 0 Å². The van der Waals surface area contributed by atoms with Crippen molar-refractivity contribution < 1.29 is 4.79 Å². The van der Waals surface area contributed by atoms with E-state index in [0.29, 0.717) is 11.8 Å². The van der Waals surface area contributed by atoms with Crippen molar-refractivity contribution in [1.29, 1.82) is 0 Å². The molecule has 0 bridgehead atoms. The van der Waals surface area contributed by atoms with Crippen LogP contribution in [0.15, 0.2) is 0 Å². The molecule has 3 heteroatoms. The Balaban J connectivity index is 1.91. The summed E-state index contributed by atoms with van der Waals surface area (Å²) in [6.45, 7) is 6.35. The molecule has 0 radical (unpaired) electrons. The lowest BCUT2D eigenvalue weighted by atomic mass is 9.76. The van der Waals surface area contributed by atoms with Crippen LogP contribution in [0.2, 0.25) is 0 Å². The number of amides is 1. The fourth-order valence-electron chi connectivity index (χ4n) is 3.66. The minimum atomic E-state index is 0.189. The average Bonchev–Trinajstić information content (AvgIpc) is 2.81. The molecule has 0 spiro atoms. The summed E-state index contributed by atoms with van der Waals surface area (Å²) in [7, 11) is 0. The summed E-state index contributed by atoms with van der Waals surface area (Å²) in [6, 6.07) is 0.224. The molecule has 2 N–H and O–H groups in total. The third-order valence-corrected chi connectivity index (χ3v) is 4.97. The number of nitrogens with zero attached hydrogens (tertiary/aromatic N) is 1. The zero-order valence-corrected chi connectivity index (χ0v) is 11.9. The van der Waals surface area contributed by atoms with Crippen LogP contribution >= 0.6 is 0 Å². The second-order valence-corrected chi connectivity index (χ2v) is 6.29. The summed E-state index contributed by atoms with van der Waals surface area (Å²) >= 11 is 0. The second kappa shape index (κ2) is 6.05. The summed E-state index contributed by atoms with van der Waals surface area (Å²) in [4.78, 5) is 14.7. The maximum absolute atomic E-state index is 12.6. The van der Waals surface area contributed by atoms with E-state index in [-0.39, 0.29) is 12.0 Å². The zero-order valence-electron chi connectivity index (χ0n) is 11.9. The molecule has 1 aliphatic carbocycles. The molecule has 2 fully saturated rings. The Kier molecular flexibility index (Phi) is 4.66. The summed E-state index contributed by atoms with van der Waals surface area (Å²) in [5, 5.41) is 0. The van der Waals surface area contributed by atoms with Crippen LogP contribution in [0.1, 0.15) is 52.4 Å². The number of likely N-dealkylation sites (tertiary alicyclic amines) is 1. The first-order valence-corrected chi connectivity index (χ1v) is 7.67. The molecule has 104 valence electrons. The van der Waals surface area contributed by atoms with Crippen LogP contribution in [-0.2, 0) is 4.79 Å². The van der Waals surface area contributed by atoms with E-state index in [2.05, 4.69) is 18.7 Å². The Bertz CT molecular complexity index is 292. The number of carbonyl (C=O) groups is 1. The Morgan fingerprint density at radius 1 is 1.33 bits per heavy atom. The molecule has 4 atom stereocenters. The van der Waals surface area contributed by atoms with Crippen LogP contribution in [0.3, 0.4) is 0 Å². The van der Waals surface area contributed by atoms with Gasteiger partial charge in [0.05, 0.1) is 0 Å². The number of hydrogen-bond acceptors (Lipinski definition) is 2. The normalized spacial score (nSPS) is 36.9. The minimum Gasteiger partial charge on any atom is -0.342 e. The van der Waals surface area contributed by atoms with Crippen molar-refractivity contribution in [2.24, 2.45) is 23.5 Å². The first-order chi connectivity index (χ1) is 8.63. The highest BCUT2D eigenvalue weighted by molar-refractivity contribution is 5.79. The van der Waals surface area contributed by atoms with E-state index in [9.17, 15) is 4.79 Å². The van der Waals surface area contributed by atoms with Gasteiger partial charge in [-0.1, -0.05) is 26.7 Å². The zero-order chi connectivity index (χ0) is 13.1. The molecule has 1 saturated carbocycles. The molecule has 18 heavy (non-hydrogen) atoms. The lowest BCUT2D eigenvalue weighted by molar-refractivity contribution is -0.137. The molecule has 2 rings (SSSR count). The first-order valence-electron chi connectivity index (χ1n) is 7.67. The van der Waals surface area contributed by atoms with E-state index in [4.69, 9.17) is 5.73 Å². The van der Waals surface area contributed by atoms with Crippen molar-refractivity contribution in [3.05, 3.63) is 0 Å². The number of hydrogen-bond donors (Lipinski definition) is 1. The Labute approximate surface area is 111 Å². The molecule has 1 amide bonds. The highest BCUT2D eigenvalue weighted by Crippen LogP contribution is 2.32. The van der Waals surface area contributed by atoms with E-state index in [1.54, 1.807) is 0 Å². The van der Waals surface area contributed by atoms with Crippen LogP contribution in [-0.4, -0.2) is 29.9 Å². The van der Waals surface area contributed by atoms with Gasteiger partial charge in [0.2, 0.25) is 5.91 Å². The van der Waals surface area contributed by atoms with Gasteiger partial charge in [0, 0.05) is 25.0 Å². The van der Waals surface area contributed by atoms with Crippen molar-refractivity contribution >= 4 is 5.91 Å². The lowest BCUT2D eigenvalue weighted by Crippen LogP contribution is -2.45. The first kappa shape index (κ1) is 13.9. The fourth-order valence-corrected chi connectivity index (χ4v) is 3.66. The highest BCUT2D eigenvalue weighted by Gasteiger charge is 2.37. The molecule has 0 aromatic carbocycles. The van der Waals surface area contributed by atoms with Crippen molar-refractivity contribution in [2.45, 2.75) is 58.4 Å². The van der Waals surface area contributed by atoms with Gasteiger partial charge in [0.25, 0.3) is 0 Å². The van der Waals surface area contributed by atoms with E-state index in [0.717, 1.165) is 38.3 Å². The number of rotatable bonds is 3. The van der Waals surface area contributed by atoms with Crippen LogP contribution in [0.4, 0.5) is 0 Å². The van der Waals surface area contributed by atoms with Gasteiger partial charge in [-0.2, -0.15) is 0 Å². The van der Waals surface area contributed by atoms with Crippen molar-refractivity contribution in [3.63, 3.8) is 0 Å². The van der Waals surface area contributed by atoms with Crippen LogP contribution in [0, 0.1) is 17.8 Å². The molecule has 2 aliphatic rings. The molecule has 0 aromatic rings. The standard InChI is InChI=1S/C15H28N2O/c1-3-5-12-8-9-17(10-12)15(18)13-6-4-7-14(16)11(13)2/h11-14H,3-10,16H2,1-2H3. The van der Waals surface area contributed by atoms with Crippen molar-refractivity contribution in [2.75, 3.05) is 13.1 Å². The van der Waals surface area contributed by atoms with Gasteiger partial charge in [-0.3, -0.25) is 4.79 Å². The molecule has 1 aliphatic heterocycles. The molecule has 3 nitrogen and oxygen atoms in total. The van der Waals surface area contributed by atoms with E-state index >= 15 is 0 Å². The van der Waals surface area contributed by atoms with Gasteiger partial charge < -0.3 is 10.6 Å². The van der Waals surface area contributed by atoms with Gasteiger partial charge in [0.1, 0.15) is 0 Å². The monoisotopic (exact) mass is 252 g/mol. The van der Waals surface area contributed by atoms with Crippen LogP contribution < -0.4 is 5.73 Å². The molecule has 4 unspecified atom stereocenters. The van der Waals surface area contributed by atoms with E-state index in [1.807, 2.05) is 0 Å². The smallest absolute Gasteiger partial charge is 0.226 e. The molecule has 1 heterocycles. The summed E-state index contributed by atoms with van der Waals surface area (Å²) < 4.78 is 0. The largest absolute Gasteiger partial charge is 0.342 e. The Morgan fingerprint density at radius 3 is 2.83 bits per heavy atom. The van der Waals surface area contributed by atoms with Gasteiger partial charge >= 0.3 is 0 Å². The van der Waals surface area contributed by atoms with E-state index < -0.39 is 0 Å². The fraction of sp³-hybridized carbons (Fsp3) is 0.933.